The van der Waals surface area contributed by atoms with Gasteiger partial charge in [0.15, 0.2) is 0 Å². The number of ether oxygens (including phenoxy) is 4. The summed E-state index contributed by atoms with van der Waals surface area (Å²) >= 11 is 0. The van der Waals surface area contributed by atoms with Crippen LogP contribution in [0.15, 0.2) is 194 Å². The van der Waals surface area contributed by atoms with Crippen molar-refractivity contribution in [2.24, 2.45) is 0 Å². The molecule has 0 bridgehead atoms. The van der Waals surface area contributed by atoms with Gasteiger partial charge in [0.25, 0.3) is 47.3 Å². The second-order valence-corrected chi connectivity index (χ2v) is 38.9. The molecule has 8 aromatic rings. The summed E-state index contributed by atoms with van der Waals surface area (Å²) in [7, 11) is 0. The first-order valence-electron chi connectivity index (χ1n) is 40.7. The third-order valence-electron chi connectivity index (χ3n) is 20.3. The van der Waals surface area contributed by atoms with E-state index in [4.69, 9.17) is 18.9 Å². The average Bonchev–Trinajstić information content (AvgIpc) is 1.63. The highest BCUT2D eigenvalue weighted by Gasteiger charge is 2.49. The van der Waals surface area contributed by atoms with Crippen molar-refractivity contribution in [3.05, 3.63) is 283 Å². The van der Waals surface area contributed by atoms with Gasteiger partial charge in [0, 0.05) is 25.7 Å². The van der Waals surface area contributed by atoms with Gasteiger partial charge >= 0.3 is 23.9 Å². The van der Waals surface area contributed by atoms with E-state index >= 15 is 0 Å². The van der Waals surface area contributed by atoms with Crippen LogP contribution in [-0.4, -0.2) is 137 Å². The molecule has 0 saturated heterocycles. The number of fused-ring (bicyclic) bond motifs is 4. The molecule has 20 heteroatoms. The van der Waals surface area contributed by atoms with E-state index in [1.165, 1.54) is 22.3 Å². The number of esters is 4. The number of hydrogen-bond acceptors (Lipinski definition) is 16. The number of benzene rings is 8. The van der Waals surface area contributed by atoms with Crippen LogP contribution in [0, 0.1) is 0 Å². The SMILES string of the molecule is CC(C)(C)OC(=O)[C@H](Cc1ccc(C(C)(C)C)cc1)N1C(=O)c2ccccc2C1=O.CC(C)(C)OC(=O)[C@H](Cc1ccc(C(C)(C)C)cc1)N1C(=O)c2ccccc2C1=O.CC(C)(C)OC(=O)[C@H](Cc1ccc(C(C)(C)C)cc1)N1C(=O)c2ccccc2C1=O.CC(C)(C)OC(=O)[C@H](Cc1ccc(C(C)(C)C)cc1)N1C(=O)c2ccccc2C1=O. The molecule has 4 aliphatic heterocycles. The van der Waals surface area contributed by atoms with Crippen LogP contribution in [-0.2, 0) is 85.5 Å². The number of hydrogen-bond donors (Lipinski definition) is 0. The number of carbonyl (C=O) groups excluding carboxylic acids is 12. The van der Waals surface area contributed by atoms with Crippen molar-refractivity contribution in [2.45, 2.75) is 260 Å². The third kappa shape index (κ3) is 22.6. The molecule has 0 aliphatic carbocycles. The van der Waals surface area contributed by atoms with Crippen LogP contribution in [0.3, 0.4) is 0 Å². The fraction of sp³-hybridized carbons (Fsp3) is 0.400. The average molecular weight is 1630 g/mol. The second-order valence-electron chi connectivity index (χ2n) is 38.9. The second kappa shape index (κ2) is 35.6. The van der Waals surface area contributed by atoms with Crippen LogP contribution in [0.5, 0.6) is 0 Å². The van der Waals surface area contributed by atoms with E-state index in [0.717, 1.165) is 41.9 Å². The Bertz CT molecular complexity index is 4420. The minimum absolute atomic E-state index is 0.00558. The Morgan fingerprint density at radius 3 is 0.450 bits per heavy atom. The Morgan fingerprint density at radius 1 is 0.217 bits per heavy atom. The van der Waals surface area contributed by atoms with E-state index in [-0.39, 0.29) is 47.3 Å². The largest absolute Gasteiger partial charge is 0.458 e. The smallest absolute Gasteiger partial charge is 0.330 e. The summed E-state index contributed by atoms with van der Waals surface area (Å²) < 4.78 is 22.3. The lowest BCUT2D eigenvalue weighted by Gasteiger charge is -2.29. The first kappa shape index (κ1) is 92.1. The van der Waals surface area contributed by atoms with Crippen LogP contribution >= 0.6 is 0 Å². The summed E-state index contributed by atoms with van der Waals surface area (Å²) in [5.41, 5.74) is 7.74. The van der Waals surface area contributed by atoms with Crippen molar-refractivity contribution >= 4 is 71.1 Å². The molecule has 0 unspecified atom stereocenters. The summed E-state index contributed by atoms with van der Waals surface area (Å²) in [5, 5.41) is 0. The van der Waals surface area contributed by atoms with Crippen molar-refractivity contribution in [3.63, 3.8) is 0 Å². The first-order chi connectivity index (χ1) is 55.5. The lowest BCUT2D eigenvalue weighted by molar-refractivity contribution is -0.160. The molecule has 4 atom stereocenters. The highest BCUT2D eigenvalue weighted by atomic mass is 16.6. The first-order valence-corrected chi connectivity index (χ1v) is 40.7. The normalized spacial score (nSPS) is 15.2. The summed E-state index contributed by atoms with van der Waals surface area (Å²) in [4.78, 5) is 160. The third-order valence-corrected chi connectivity index (χ3v) is 20.3. The highest BCUT2D eigenvalue weighted by molar-refractivity contribution is 6.25. The fourth-order valence-corrected chi connectivity index (χ4v) is 14.0. The molecule has 632 valence electrons. The minimum Gasteiger partial charge on any atom is -0.458 e. The molecular weight excluding hydrogens is 1510 g/mol. The zero-order chi connectivity index (χ0) is 89.1. The Balaban J connectivity index is 0.000000182. The molecule has 120 heavy (non-hydrogen) atoms. The van der Waals surface area contributed by atoms with E-state index in [0.29, 0.717) is 44.5 Å². The molecule has 0 spiro atoms. The Kier molecular flexibility index (Phi) is 27.3. The number of amides is 8. The van der Waals surface area contributed by atoms with E-state index in [2.05, 4.69) is 83.1 Å². The zero-order valence-electron chi connectivity index (χ0n) is 73.9. The van der Waals surface area contributed by atoms with Gasteiger partial charge in [-0.15, -0.1) is 0 Å². The molecule has 12 rings (SSSR count). The lowest BCUT2D eigenvalue weighted by atomic mass is 9.86. The number of imide groups is 4. The fourth-order valence-electron chi connectivity index (χ4n) is 14.0. The summed E-state index contributed by atoms with van der Waals surface area (Å²) in [6.07, 6.45) is 0.797. The van der Waals surface area contributed by atoms with Gasteiger partial charge in [0.05, 0.1) is 44.5 Å². The van der Waals surface area contributed by atoms with Crippen molar-refractivity contribution in [1.82, 2.24) is 19.6 Å². The van der Waals surface area contributed by atoms with Gasteiger partial charge in [-0.2, -0.15) is 0 Å². The van der Waals surface area contributed by atoms with E-state index in [9.17, 15) is 57.5 Å². The van der Waals surface area contributed by atoms with E-state index in [1.807, 2.05) is 97.1 Å². The predicted molar refractivity (Wildman–Crippen MR) is 462 cm³/mol. The summed E-state index contributed by atoms with van der Waals surface area (Å²) in [6.45, 7) is 46.7. The van der Waals surface area contributed by atoms with Gasteiger partial charge in [0.1, 0.15) is 46.6 Å². The van der Waals surface area contributed by atoms with Crippen LogP contribution in [0.25, 0.3) is 0 Å². The van der Waals surface area contributed by atoms with Gasteiger partial charge in [-0.05, 0) is 198 Å². The van der Waals surface area contributed by atoms with Crippen LogP contribution in [0.2, 0.25) is 0 Å². The number of rotatable bonds is 16. The van der Waals surface area contributed by atoms with Crippen LogP contribution in [0.1, 0.15) is 294 Å². The molecule has 8 amide bonds. The maximum Gasteiger partial charge on any atom is 0.330 e. The van der Waals surface area contributed by atoms with Crippen molar-refractivity contribution in [2.75, 3.05) is 0 Å². The maximum absolute atomic E-state index is 13.1. The van der Waals surface area contributed by atoms with E-state index < -0.39 is 118 Å². The van der Waals surface area contributed by atoms with Crippen molar-refractivity contribution < 1.29 is 76.5 Å². The molecule has 0 saturated carbocycles. The van der Waals surface area contributed by atoms with Crippen LogP contribution < -0.4 is 0 Å². The molecular formula is C100H116N4O16. The van der Waals surface area contributed by atoms with Crippen molar-refractivity contribution in [1.29, 1.82) is 0 Å². The highest BCUT2D eigenvalue weighted by Crippen LogP contribution is 2.36. The van der Waals surface area contributed by atoms with E-state index in [1.54, 1.807) is 180 Å². The zero-order valence-corrected chi connectivity index (χ0v) is 73.9. The predicted octanol–water partition coefficient (Wildman–Crippen LogP) is 18.1. The standard InChI is InChI=1S/4C25H29NO4/c4*1-24(2,3)17-13-11-16(12-14-17)15-20(23(29)30-25(4,5)6)26-21(27)18-9-7-8-10-19(18)22(26)28/h4*7-14,20H,15H2,1-6H3/t4*20-/m0000/s1. The number of nitrogens with zero attached hydrogens (tertiary/aromatic N) is 4. The van der Waals surface area contributed by atoms with Gasteiger partial charge in [-0.25, -0.2) is 19.2 Å². The van der Waals surface area contributed by atoms with Crippen molar-refractivity contribution in [3.8, 4) is 0 Å². The van der Waals surface area contributed by atoms with Gasteiger partial charge in [0.2, 0.25) is 0 Å². The number of carbonyl (C=O) groups is 12. The molecule has 8 aromatic carbocycles. The topological polar surface area (TPSA) is 255 Å². The Labute approximate surface area is 706 Å². The molecule has 0 fully saturated rings. The summed E-state index contributed by atoms with van der Waals surface area (Å²) in [6, 6.07) is 54.1. The molecule has 20 nitrogen and oxygen atoms in total. The molecule has 0 aromatic heterocycles. The monoisotopic (exact) mass is 1630 g/mol. The summed E-state index contributed by atoms with van der Waals surface area (Å²) in [5.74, 6) is -6.03. The quantitative estimate of drug-likeness (QED) is 0.0495. The van der Waals surface area contributed by atoms with Gasteiger partial charge < -0.3 is 18.9 Å². The minimum atomic E-state index is -1.03. The maximum atomic E-state index is 13.1. The Hall–Kier alpha value is -11.8. The van der Waals surface area contributed by atoms with Gasteiger partial charge in [-0.1, -0.05) is 229 Å². The molecule has 0 N–H and O–H groups in total. The lowest BCUT2D eigenvalue weighted by Crippen LogP contribution is -2.48. The van der Waals surface area contributed by atoms with Gasteiger partial charge in [-0.3, -0.25) is 58.0 Å². The molecule has 0 radical (unpaired) electrons. The van der Waals surface area contributed by atoms with Crippen LogP contribution in [0.4, 0.5) is 0 Å². The molecule has 4 heterocycles. The Morgan fingerprint density at radius 2 is 0.342 bits per heavy atom. The molecule has 4 aliphatic rings.